The standard InChI is InChI=1S/C7H12ClO4P/c1-3-11-13(10,12-4-2)7(8)5-6-9/h5-6H,3-4H2,1-2H3/b7-5-. The summed E-state index contributed by atoms with van der Waals surface area (Å²) in [6.45, 7) is 3.74. The van der Waals surface area contributed by atoms with E-state index in [-0.39, 0.29) is 18.0 Å². The number of carbonyl (C=O) groups excluding carboxylic acids is 1. The number of aldehydes is 1. The van der Waals surface area contributed by atoms with E-state index in [0.717, 1.165) is 6.08 Å². The molecule has 0 spiro atoms. The van der Waals surface area contributed by atoms with Crippen LogP contribution in [0.4, 0.5) is 0 Å². The summed E-state index contributed by atoms with van der Waals surface area (Å²) < 4.78 is 21.2. The molecule has 76 valence electrons. The Kier molecular flexibility index (Phi) is 6.25. The monoisotopic (exact) mass is 226 g/mol. The first-order chi connectivity index (χ1) is 6.10. The van der Waals surface area contributed by atoms with E-state index in [1.807, 2.05) is 0 Å². The number of rotatable bonds is 6. The second-order valence-electron chi connectivity index (χ2n) is 1.96. The Hall–Kier alpha value is -0.150. The lowest BCUT2D eigenvalue weighted by Crippen LogP contribution is -1.95. The van der Waals surface area contributed by atoms with Gasteiger partial charge in [-0.2, -0.15) is 0 Å². The van der Waals surface area contributed by atoms with Gasteiger partial charge >= 0.3 is 7.60 Å². The Labute approximate surface area is 82.4 Å². The molecule has 0 aromatic carbocycles. The van der Waals surface area contributed by atoms with E-state index in [9.17, 15) is 9.36 Å². The van der Waals surface area contributed by atoms with Crippen LogP contribution in [0.15, 0.2) is 10.8 Å². The molecule has 0 heterocycles. The smallest absolute Gasteiger partial charge is 0.305 e. The molecule has 0 aromatic heterocycles. The Bertz CT molecular complexity index is 229. The number of allylic oxidation sites excluding steroid dienone is 1. The largest absolute Gasteiger partial charge is 0.372 e. The van der Waals surface area contributed by atoms with Crippen molar-refractivity contribution < 1.29 is 18.4 Å². The van der Waals surface area contributed by atoms with Crippen LogP contribution in [-0.2, 0) is 18.4 Å². The molecule has 0 fully saturated rings. The number of carbonyl (C=O) groups is 1. The second kappa shape index (κ2) is 6.33. The molecule has 0 radical (unpaired) electrons. The first-order valence-electron chi connectivity index (χ1n) is 3.81. The summed E-state index contributed by atoms with van der Waals surface area (Å²) in [6.07, 6.45) is 1.40. The summed E-state index contributed by atoms with van der Waals surface area (Å²) in [5.41, 5.74) is 0. The summed E-state index contributed by atoms with van der Waals surface area (Å²) in [7, 11) is -3.43. The fourth-order valence-electron chi connectivity index (χ4n) is 0.648. The van der Waals surface area contributed by atoms with Crippen LogP contribution < -0.4 is 0 Å². The van der Waals surface area contributed by atoms with Crippen LogP contribution in [0.2, 0.25) is 0 Å². The van der Waals surface area contributed by atoms with Gasteiger partial charge in [0.1, 0.15) is 11.1 Å². The van der Waals surface area contributed by atoms with Crippen LogP contribution in [0.25, 0.3) is 0 Å². The zero-order valence-corrected chi connectivity index (χ0v) is 9.18. The zero-order chi connectivity index (χ0) is 10.3. The topological polar surface area (TPSA) is 52.6 Å². The lowest BCUT2D eigenvalue weighted by Gasteiger charge is -2.14. The third-order valence-corrected chi connectivity index (χ3v) is 3.68. The highest BCUT2D eigenvalue weighted by atomic mass is 35.5. The average Bonchev–Trinajstić information content (AvgIpc) is 2.05. The molecule has 0 aliphatic heterocycles. The van der Waals surface area contributed by atoms with Crippen LogP contribution in [0.1, 0.15) is 13.8 Å². The van der Waals surface area contributed by atoms with Crippen molar-refractivity contribution >= 4 is 25.5 Å². The maximum Gasteiger partial charge on any atom is 0.372 e. The SMILES string of the molecule is CCOP(=O)(OCC)/C(Cl)=C\C=O. The molecule has 0 atom stereocenters. The Morgan fingerprint density at radius 1 is 1.38 bits per heavy atom. The molecule has 6 heteroatoms. The first-order valence-corrected chi connectivity index (χ1v) is 5.73. The van der Waals surface area contributed by atoms with E-state index in [1.54, 1.807) is 13.8 Å². The number of halogens is 1. The molecule has 0 aliphatic carbocycles. The van der Waals surface area contributed by atoms with Gasteiger partial charge in [-0.05, 0) is 13.8 Å². The van der Waals surface area contributed by atoms with Gasteiger partial charge in [0.05, 0.1) is 13.2 Å². The van der Waals surface area contributed by atoms with Crippen molar-refractivity contribution in [2.24, 2.45) is 0 Å². The minimum Gasteiger partial charge on any atom is -0.305 e. The van der Waals surface area contributed by atoms with Crippen LogP contribution in [-0.4, -0.2) is 19.5 Å². The summed E-state index contributed by atoms with van der Waals surface area (Å²) in [5, 5.41) is 0. The van der Waals surface area contributed by atoms with Gasteiger partial charge in [-0.25, -0.2) is 0 Å². The highest BCUT2D eigenvalue weighted by Gasteiger charge is 2.27. The van der Waals surface area contributed by atoms with Gasteiger partial charge in [0.2, 0.25) is 0 Å². The van der Waals surface area contributed by atoms with Crippen LogP contribution in [0.5, 0.6) is 0 Å². The summed E-state index contributed by atoms with van der Waals surface area (Å²) in [5.74, 6) is 0. The number of hydrogen-bond donors (Lipinski definition) is 0. The summed E-state index contributed by atoms with van der Waals surface area (Å²) >= 11 is 5.56. The van der Waals surface area contributed by atoms with Crippen LogP contribution in [0, 0.1) is 0 Å². The maximum atomic E-state index is 11.7. The normalized spacial score (nSPS) is 13.0. The number of hydrogen-bond acceptors (Lipinski definition) is 4. The van der Waals surface area contributed by atoms with Gasteiger partial charge in [0.15, 0.2) is 0 Å². The van der Waals surface area contributed by atoms with E-state index in [1.165, 1.54) is 0 Å². The lowest BCUT2D eigenvalue weighted by molar-refractivity contribution is -0.104. The van der Waals surface area contributed by atoms with Gasteiger partial charge in [-0.15, -0.1) is 0 Å². The molecule has 0 N–H and O–H groups in total. The zero-order valence-electron chi connectivity index (χ0n) is 7.53. The minimum atomic E-state index is -3.43. The molecule has 4 nitrogen and oxygen atoms in total. The van der Waals surface area contributed by atoms with Gasteiger partial charge in [0, 0.05) is 6.08 Å². The van der Waals surface area contributed by atoms with Crippen molar-refractivity contribution in [2.75, 3.05) is 13.2 Å². The molecular weight excluding hydrogens is 214 g/mol. The third kappa shape index (κ3) is 4.05. The van der Waals surface area contributed by atoms with E-state index in [0.29, 0.717) is 6.29 Å². The van der Waals surface area contributed by atoms with E-state index < -0.39 is 7.60 Å². The van der Waals surface area contributed by atoms with Crippen molar-refractivity contribution in [2.45, 2.75) is 13.8 Å². The van der Waals surface area contributed by atoms with Crippen LogP contribution >= 0.6 is 19.2 Å². The molecule has 0 amide bonds. The van der Waals surface area contributed by atoms with Gasteiger partial charge in [-0.3, -0.25) is 9.36 Å². The molecular formula is C7H12ClO4P. The molecule has 0 saturated heterocycles. The van der Waals surface area contributed by atoms with E-state index >= 15 is 0 Å². The predicted molar refractivity (Wildman–Crippen MR) is 50.9 cm³/mol. The van der Waals surface area contributed by atoms with E-state index in [2.05, 4.69) is 0 Å². The Morgan fingerprint density at radius 2 is 1.85 bits per heavy atom. The lowest BCUT2D eigenvalue weighted by atomic mass is 10.7. The summed E-state index contributed by atoms with van der Waals surface area (Å²) in [4.78, 5) is 10.1. The predicted octanol–water partition coefficient (Wildman–Crippen LogP) is 2.53. The highest BCUT2D eigenvalue weighted by molar-refractivity contribution is 7.61. The van der Waals surface area contributed by atoms with Crippen molar-refractivity contribution in [3.8, 4) is 0 Å². The van der Waals surface area contributed by atoms with Crippen molar-refractivity contribution in [1.82, 2.24) is 0 Å². The third-order valence-electron chi connectivity index (χ3n) is 1.07. The molecule has 0 unspecified atom stereocenters. The molecule has 0 saturated carbocycles. The highest BCUT2D eigenvalue weighted by Crippen LogP contribution is 2.57. The van der Waals surface area contributed by atoms with Crippen molar-refractivity contribution in [1.29, 1.82) is 0 Å². The second-order valence-corrected chi connectivity index (χ2v) is 4.62. The molecule has 0 rings (SSSR count). The van der Waals surface area contributed by atoms with Crippen LogP contribution in [0.3, 0.4) is 0 Å². The fourth-order valence-corrected chi connectivity index (χ4v) is 2.24. The summed E-state index contributed by atoms with van der Waals surface area (Å²) in [6, 6.07) is 0. The Balaban J connectivity index is 4.66. The quantitative estimate of drug-likeness (QED) is 0.397. The molecule has 0 bridgehead atoms. The first kappa shape index (κ1) is 12.8. The molecule has 13 heavy (non-hydrogen) atoms. The van der Waals surface area contributed by atoms with Crippen molar-refractivity contribution in [3.05, 3.63) is 10.8 Å². The Morgan fingerprint density at radius 3 is 2.15 bits per heavy atom. The average molecular weight is 227 g/mol. The maximum absolute atomic E-state index is 11.7. The minimum absolute atomic E-state index is 0.189. The van der Waals surface area contributed by atoms with E-state index in [4.69, 9.17) is 20.6 Å². The molecule has 0 aliphatic rings. The van der Waals surface area contributed by atoms with Gasteiger partial charge in [-0.1, -0.05) is 11.6 Å². The van der Waals surface area contributed by atoms with Crippen molar-refractivity contribution in [3.63, 3.8) is 0 Å². The molecule has 0 aromatic rings. The fraction of sp³-hybridized carbons (Fsp3) is 0.571. The van der Waals surface area contributed by atoms with Gasteiger partial charge in [0.25, 0.3) is 0 Å². The van der Waals surface area contributed by atoms with Gasteiger partial charge < -0.3 is 9.05 Å².